The number of carbonyl (C=O) groups is 1. The molecule has 0 heterocycles. The lowest BCUT2D eigenvalue weighted by Gasteiger charge is -2.19. The molecule has 0 fully saturated rings. The van der Waals surface area contributed by atoms with Crippen molar-refractivity contribution < 1.29 is 18.8 Å². The minimum atomic E-state index is -2.79. The number of hydrogen-bond donors (Lipinski definition) is 0. The van der Waals surface area contributed by atoms with Gasteiger partial charge < -0.3 is 4.89 Å². The maximum Gasteiger partial charge on any atom is 0.488 e. The van der Waals surface area contributed by atoms with E-state index >= 15 is 0 Å². The third-order valence-corrected chi connectivity index (χ3v) is 3.53. The fraction of sp³-hybridized carbons (Fsp3) is 0.875. The minimum absolute atomic E-state index is 0.0644. The summed E-state index contributed by atoms with van der Waals surface area (Å²) < 4.78 is 14.3. The molecule has 0 aromatic heterocycles. The molecular formula is C8H15O4PS. The third kappa shape index (κ3) is 5.70. The van der Waals surface area contributed by atoms with Gasteiger partial charge in [0.05, 0.1) is 0 Å². The van der Waals surface area contributed by atoms with Gasteiger partial charge in [0.25, 0.3) is 0 Å². The van der Waals surface area contributed by atoms with Gasteiger partial charge in [-0.25, -0.2) is 0 Å². The molecule has 0 aliphatic carbocycles. The lowest BCUT2D eigenvalue weighted by atomic mass is 9.92. The first-order valence-electron chi connectivity index (χ1n) is 4.34. The summed E-state index contributed by atoms with van der Waals surface area (Å²) in [5, 5.41) is 0.0738. The van der Waals surface area contributed by atoms with Crippen LogP contribution in [0.5, 0.6) is 0 Å². The lowest BCUT2D eigenvalue weighted by Crippen LogP contribution is -2.20. The highest BCUT2D eigenvalue weighted by atomic mass is 32.2. The number of thioether (sulfide) groups is 1. The summed E-state index contributed by atoms with van der Waals surface area (Å²) in [6.07, 6.45) is 0.773. The zero-order chi connectivity index (χ0) is 11.2. The zero-order valence-corrected chi connectivity index (χ0v) is 10.3. The van der Waals surface area contributed by atoms with Crippen LogP contribution in [0.25, 0.3) is 0 Å². The molecule has 0 aromatic rings. The Morgan fingerprint density at radius 1 is 1.57 bits per heavy atom. The maximum atomic E-state index is 11.5. The summed E-state index contributed by atoms with van der Waals surface area (Å²) in [6.45, 7) is 5.76. The SMILES string of the molecule is CCC(C)(C)C(=O)SCCO[P+](=O)[O-]. The largest absolute Gasteiger partial charge is 0.566 e. The molecule has 0 saturated heterocycles. The van der Waals surface area contributed by atoms with Crippen LogP contribution in [0.4, 0.5) is 0 Å². The van der Waals surface area contributed by atoms with Gasteiger partial charge in [-0.3, -0.25) is 4.79 Å². The Balaban J connectivity index is 3.70. The fourth-order valence-electron chi connectivity index (χ4n) is 0.586. The van der Waals surface area contributed by atoms with Gasteiger partial charge in [-0.1, -0.05) is 32.5 Å². The quantitative estimate of drug-likeness (QED) is 0.520. The van der Waals surface area contributed by atoms with Gasteiger partial charge in [0.15, 0.2) is 5.12 Å². The second-order valence-electron chi connectivity index (χ2n) is 3.43. The first-order valence-corrected chi connectivity index (χ1v) is 6.43. The van der Waals surface area contributed by atoms with Crippen molar-refractivity contribution in [2.75, 3.05) is 12.4 Å². The molecule has 0 aliphatic rings. The topological polar surface area (TPSA) is 66.4 Å². The second kappa shape index (κ2) is 6.51. The van der Waals surface area contributed by atoms with E-state index < -0.39 is 8.25 Å². The Labute approximate surface area is 89.4 Å². The van der Waals surface area contributed by atoms with Crippen LogP contribution in [0, 0.1) is 5.41 Å². The van der Waals surface area contributed by atoms with Gasteiger partial charge in [-0.15, -0.1) is 4.52 Å². The summed E-state index contributed by atoms with van der Waals surface area (Å²) in [5.74, 6) is 0.381. The summed E-state index contributed by atoms with van der Waals surface area (Å²) in [5.41, 5.74) is -0.343. The average molecular weight is 238 g/mol. The van der Waals surface area contributed by atoms with Crippen molar-refractivity contribution in [1.29, 1.82) is 0 Å². The molecule has 0 saturated carbocycles. The molecule has 0 aliphatic heterocycles. The zero-order valence-electron chi connectivity index (χ0n) is 8.61. The Hall–Kier alpha value is 0.0400. The van der Waals surface area contributed by atoms with Crippen LogP contribution in [0.1, 0.15) is 27.2 Å². The van der Waals surface area contributed by atoms with E-state index in [1.807, 2.05) is 20.8 Å². The number of carbonyl (C=O) groups excluding carboxylic acids is 1. The molecular weight excluding hydrogens is 223 g/mol. The molecule has 14 heavy (non-hydrogen) atoms. The smallest absolute Gasteiger partial charge is 0.488 e. The van der Waals surface area contributed by atoms with Gasteiger partial charge in [-0.2, -0.15) is 0 Å². The van der Waals surface area contributed by atoms with Gasteiger partial charge >= 0.3 is 8.25 Å². The normalized spacial score (nSPS) is 12.7. The highest BCUT2D eigenvalue weighted by Gasteiger charge is 2.25. The van der Waals surface area contributed by atoms with Crippen molar-refractivity contribution in [2.45, 2.75) is 27.2 Å². The van der Waals surface area contributed by atoms with E-state index in [1.165, 1.54) is 0 Å². The van der Waals surface area contributed by atoms with Crippen molar-refractivity contribution in [1.82, 2.24) is 0 Å². The Morgan fingerprint density at radius 2 is 2.14 bits per heavy atom. The highest BCUT2D eigenvalue weighted by molar-refractivity contribution is 8.13. The maximum absolute atomic E-state index is 11.5. The van der Waals surface area contributed by atoms with Gasteiger partial charge in [-0.05, 0) is 11.0 Å². The van der Waals surface area contributed by atoms with Crippen LogP contribution in [-0.4, -0.2) is 17.5 Å². The van der Waals surface area contributed by atoms with Gasteiger partial charge in [0.1, 0.15) is 6.61 Å². The van der Waals surface area contributed by atoms with E-state index in [1.54, 1.807) is 0 Å². The first-order chi connectivity index (χ1) is 6.40. The Morgan fingerprint density at radius 3 is 2.57 bits per heavy atom. The molecule has 82 valence electrons. The standard InChI is InChI=1S/C8H15O4PS/c1-4-8(2,3)7(9)14-6-5-12-13(10)11/h4-6H2,1-3H3. The van der Waals surface area contributed by atoms with Crippen LogP contribution < -0.4 is 4.89 Å². The van der Waals surface area contributed by atoms with Crippen molar-refractivity contribution in [2.24, 2.45) is 5.41 Å². The number of hydrogen-bond acceptors (Lipinski definition) is 5. The minimum Gasteiger partial charge on any atom is -0.566 e. The second-order valence-corrected chi connectivity index (χ2v) is 5.20. The molecule has 1 unspecified atom stereocenters. The highest BCUT2D eigenvalue weighted by Crippen LogP contribution is 2.27. The van der Waals surface area contributed by atoms with Crippen molar-refractivity contribution >= 4 is 25.1 Å². The molecule has 0 amide bonds. The summed E-state index contributed by atoms with van der Waals surface area (Å²) in [4.78, 5) is 21.5. The predicted molar refractivity (Wildman–Crippen MR) is 55.1 cm³/mol. The van der Waals surface area contributed by atoms with Gasteiger partial charge in [0, 0.05) is 11.2 Å². The van der Waals surface area contributed by atoms with E-state index in [0.717, 1.165) is 18.2 Å². The lowest BCUT2D eigenvalue weighted by molar-refractivity contribution is -0.185. The Bertz CT molecular complexity index is 217. The van der Waals surface area contributed by atoms with E-state index in [4.69, 9.17) is 0 Å². The van der Waals surface area contributed by atoms with Gasteiger partial charge in [0.2, 0.25) is 0 Å². The van der Waals surface area contributed by atoms with Crippen LogP contribution in [0.2, 0.25) is 0 Å². The molecule has 0 N–H and O–H groups in total. The average Bonchev–Trinajstić information content (AvgIpc) is 2.11. The van der Waals surface area contributed by atoms with Crippen molar-refractivity contribution in [3.05, 3.63) is 0 Å². The predicted octanol–water partition coefficient (Wildman–Crippen LogP) is 1.72. The van der Waals surface area contributed by atoms with Crippen molar-refractivity contribution in [3.63, 3.8) is 0 Å². The third-order valence-electron chi connectivity index (χ3n) is 1.95. The fourth-order valence-corrected chi connectivity index (χ4v) is 1.84. The molecule has 4 nitrogen and oxygen atoms in total. The van der Waals surface area contributed by atoms with E-state index in [0.29, 0.717) is 5.75 Å². The number of rotatable bonds is 6. The molecule has 0 spiro atoms. The molecule has 0 bridgehead atoms. The monoisotopic (exact) mass is 238 g/mol. The molecule has 0 aromatic carbocycles. The summed E-state index contributed by atoms with van der Waals surface area (Å²) >= 11 is 1.12. The molecule has 0 rings (SSSR count). The van der Waals surface area contributed by atoms with Crippen LogP contribution in [0.15, 0.2) is 0 Å². The van der Waals surface area contributed by atoms with Crippen LogP contribution >= 0.6 is 20.0 Å². The van der Waals surface area contributed by atoms with Crippen molar-refractivity contribution in [3.8, 4) is 0 Å². The van der Waals surface area contributed by atoms with E-state index in [-0.39, 0.29) is 17.1 Å². The summed E-state index contributed by atoms with van der Waals surface area (Å²) in [7, 11) is -2.79. The van der Waals surface area contributed by atoms with E-state index in [2.05, 4.69) is 4.52 Å². The van der Waals surface area contributed by atoms with Crippen LogP contribution in [-0.2, 0) is 13.9 Å². The van der Waals surface area contributed by atoms with E-state index in [9.17, 15) is 14.3 Å². The molecule has 1 atom stereocenters. The summed E-state index contributed by atoms with van der Waals surface area (Å²) in [6, 6.07) is 0. The van der Waals surface area contributed by atoms with Crippen LogP contribution in [0.3, 0.4) is 0 Å². The molecule has 0 radical (unpaired) electrons. The molecule has 6 heteroatoms. The Kier molecular flexibility index (Phi) is 6.53. The first kappa shape index (κ1) is 14.0.